The number of furan rings is 1. The molecule has 0 aromatic carbocycles. The molecule has 1 saturated carbocycles. The maximum atomic E-state index is 13.1. The molecule has 0 radical (unpaired) electrons. The van der Waals surface area contributed by atoms with Gasteiger partial charge in [0.25, 0.3) is 5.91 Å². The fraction of sp³-hybridized carbons (Fsp3) is 0.500. The number of rotatable bonds is 4. The molecule has 0 bridgehead atoms. The van der Waals surface area contributed by atoms with E-state index in [1.165, 1.54) is 11.3 Å². The van der Waals surface area contributed by atoms with Crippen molar-refractivity contribution in [1.29, 1.82) is 0 Å². The van der Waals surface area contributed by atoms with Gasteiger partial charge in [-0.15, -0.1) is 11.3 Å². The van der Waals surface area contributed by atoms with E-state index in [9.17, 15) is 13.2 Å². The van der Waals surface area contributed by atoms with Crippen molar-refractivity contribution in [2.24, 2.45) is 0 Å². The first-order valence-electron chi connectivity index (χ1n) is 7.99. The van der Waals surface area contributed by atoms with Gasteiger partial charge in [-0.1, -0.05) is 0 Å². The molecule has 8 heteroatoms. The van der Waals surface area contributed by atoms with Gasteiger partial charge >= 0.3 is 0 Å². The lowest BCUT2D eigenvalue weighted by atomic mass is 10.2. The third-order valence-corrected chi connectivity index (χ3v) is 7.24. The zero-order valence-corrected chi connectivity index (χ0v) is 14.9. The predicted molar refractivity (Wildman–Crippen MR) is 90.8 cm³/mol. The Morgan fingerprint density at radius 3 is 2.71 bits per heavy atom. The van der Waals surface area contributed by atoms with E-state index in [0.29, 0.717) is 22.9 Å². The summed E-state index contributed by atoms with van der Waals surface area (Å²) in [6.45, 7) is 1.87. The Hall–Kier alpha value is -1.67. The van der Waals surface area contributed by atoms with Crippen LogP contribution in [0, 0.1) is 6.92 Å². The van der Waals surface area contributed by atoms with Gasteiger partial charge in [-0.25, -0.2) is 13.4 Å². The summed E-state index contributed by atoms with van der Waals surface area (Å²) in [5, 5.41) is 0.677. The smallest absolute Gasteiger partial charge is 0.274 e. The highest BCUT2D eigenvalue weighted by molar-refractivity contribution is 7.91. The lowest BCUT2D eigenvalue weighted by Gasteiger charge is -2.27. The van der Waals surface area contributed by atoms with Crippen LogP contribution in [0.4, 0.5) is 0 Å². The van der Waals surface area contributed by atoms with Crippen LogP contribution in [0.1, 0.15) is 34.6 Å². The van der Waals surface area contributed by atoms with Gasteiger partial charge in [-0.3, -0.25) is 4.79 Å². The minimum atomic E-state index is -3.03. The standard InChI is InChI=1S/C16H18N2O4S2/c1-10-14(17-15(23-10)13-3-2-7-22-13)16(19)18(11-4-5-11)12-6-8-24(20,21)9-12/h2-3,7,11-12H,4-6,8-9H2,1H3. The molecule has 0 N–H and O–H groups in total. The Labute approximate surface area is 144 Å². The van der Waals surface area contributed by atoms with Crippen molar-refractivity contribution in [2.45, 2.75) is 38.3 Å². The maximum absolute atomic E-state index is 13.1. The third-order valence-electron chi connectivity index (χ3n) is 4.51. The van der Waals surface area contributed by atoms with E-state index in [1.807, 2.05) is 13.0 Å². The molecule has 3 heterocycles. The summed E-state index contributed by atoms with van der Waals surface area (Å²) >= 11 is 1.42. The van der Waals surface area contributed by atoms with Gasteiger partial charge in [0.2, 0.25) is 0 Å². The average molecular weight is 366 g/mol. The highest BCUT2D eigenvalue weighted by Gasteiger charge is 2.43. The van der Waals surface area contributed by atoms with Crippen molar-refractivity contribution in [3.05, 3.63) is 29.0 Å². The maximum Gasteiger partial charge on any atom is 0.274 e. The molecule has 6 nitrogen and oxygen atoms in total. The molecule has 2 fully saturated rings. The Morgan fingerprint density at radius 1 is 1.33 bits per heavy atom. The van der Waals surface area contributed by atoms with E-state index >= 15 is 0 Å². The van der Waals surface area contributed by atoms with Crippen LogP contribution in [0.5, 0.6) is 0 Å². The van der Waals surface area contributed by atoms with E-state index in [4.69, 9.17) is 4.42 Å². The van der Waals surface area contributed by atoms with Crippen LogP contribution < -0.4 is 0 Å². The van der Waals surface area contributed by atoms with Gasteiger partial charge in [0.1, 0.15) is 5.69 Å². The number of carbonyl (C=O) groups excluding carboxylic acids is 1. The van der Waals surface area contributed by atoms with Crippen LogP contribution in [0.3, 0.4) is 0 Å². The fourth-order valence-corrected chi connectivity index (χ4v) is 5.78. The molecule has 4 rings (SSSR count). The molecule has 0 spiro atoms. The zero-order valence-electron chi connectivity index (χ0n) is 13.3. The molecule has 1 aliphatic carbocycles. The van der Waals surface area contributed by atoms with Crippen molar-refractivity contribution in [3.63, 3.8) is 0 Å². The monoisotopic (exact) mass is 366 g/mol. The van der Waals surface area contributed by atoms with E-state index in [0.717, 1.165) is 17.7 Å². The largest absolute Gasteiger partial charge is 0.462 e. The van der Waals surface area contributed by atoms with E-state index in [1.54, 1.807) is 17.2 Å². The van der Waals surface area contributed by atoms with Crippen molar-refractivity contribution in [2.75, 3.05) is 11.5 Å². The van der Waals surface area contributed by atoms with Crippen LogP contribution >= 0.6 is 11.3 Å². The first-order valence-corrected chi connectivity index (χ1v) is 10.6. The number of nitrogens with zero attached hydrogens (tertiary/aromatic N) is 2. The lowest BCUT2D eigenvalue weighted by molar-refractivity contribution is 0.0675. The minimum absolute atomic E-state index is 0.0729. The summed E-state index contributed by atoms with van der Waals surface area (Å²) < 4.78 is 29.0. The van der Waals surface area contributed by atoms with Gasteiger partial charge < -0.3 is 9.32 Å². The van der Waals surface area contributed by atoms with Crippen LogP contribution in [0.2, 0.25) is 0 Å². The third kappa shape index (κ3) is 2.88. The number of sulfone groups is 1. The lowest BCUT2D eigenvalue weighted by Crippen LogP contribution is -2.43. The fourth-order valence-electron chi connectivity index (χ4n) is 3.20. The quantitative estimate of drug-likeness (QED) is 0.830. The van der Waals surface area contributed by atoms with Crippen LogP contribution in [-0.4, -0.2) is 47.8 Å². The summed E-state index contributed by atoms with van der Waals surface area (Å²) in [5.41, 5.74) is 0.419. The molecule has 1 aliphatic heterocycles. The molecule has 24 heavy (non-hydrogen) atoms. The minimum Gasteiger partial charge on any atom is -0.462 e. The number of aryl methyl sites for hydroxylation is 1. The summed E-state index contributed by atoms with van der Waals surface area (Å²) in [7, 11) is -3.03. The SMILES string of the molecule is Cc1sc(-c2ccco2)nc1C(=O)N(C1CC1)C1CCS(=O)(=O)C1. The molecule has 1 saturated heterocycles. The Balaban J connectivity index is 1.64. The molecule has 1 amide bonds. The van der Waals surface area contributed by atoms with Gasteiger partial charge in [-0.2, -0.15) is 0 Å². The Morgan fingerprint density at radius 2 is 2.12 bits per heavy atom. The molecule has 128 valence electrons. The number of aromatic nitrogens is 1. The van der Waals surface area contributed by atoms with E-state index < -0.39 is 9.84 Å². The second kappa shape index (κ2) is 5.70. The summed E-state index contributed by atoms with van der Waals surface area (Å²) in [4.78, 5) is 20.2. The van der Waals surface area contributed by atoms with Gasteiger partial charge in [0.15, 0.2) is 20.6 Å². The summed E-state index contributed by atoms with van der Waals surface area (Å²) in [6, 6.07) is 3.54. The number of hydrogen-bond acceptors (Lipinski definition) is 6. The topological polar surface area (TPSA) is 80.5 Å². The Bertz CT molecular complexity index is 866. The molecule has 2 aromatic heterocycles. The predicted octanol–water partition coefficient (Wildman–Crippen LogP) is 2.50. The van der Waals surface area contributed by atoms with Crippen molar-refractivity contribution < 1.29 is 17.6 Å². The average Bonchev–Trinajstić information content (AvgIpc) is 2.94. The number of carbonyl (C=O) groups is 1. The highest BCUT2D eigenvalue weighted by atomic mass is 32.2. The number of thiazole rings is 1. The first kappa shape index (κ1) is 15.8. The van der Waals surface area contributed by atoms with Gasteiger partial charge in [0.05, 0.1) is 17.8 Å². The van der Waals surface area contributed by atoms with E-state index in [2.05, 4.69) is 4.98 Å². The van der Waals surface area contributed by atoms with Gasteiger partial charge in [-0.05, 0) is 38.3 Å². The van der Waals surface area contributed by atoms with Gasteiger partial charge in [0, 0.05) is 17.0 Å². The molecule has 1 unspecified atom stereocenters. The zero-order chi connectivity index (χ0) is 16.9. The molecule has 2 aliphatic rings. The molecule has 1 atom stereocenters. The summed E-state index contributed by atoms with van der Waals surface area (Å²) in [6.07, 6.45) is 3.99. The normalized spacial score (nSPS) is 22.6. The number of hydrogen-bond donors (Lipinski definition) is 0. The second-order valence-corrected chi connectivity index (χ2v) is 9.83. The van der Waals surface area contributed by atoms with Crippen LogP contribution in [0.25, 0.3) is 10.8 Å². The van der Waals surface area contributed by atoms with Crippen LogP contribution in [0.15, 0.2) is 22.8 Å². The van der Waals surface area contributed by atoms with Crippen molar-refractivity contribution in [1.82, 2.24) is 9.88 Å². The van der Waals surface area contributed by atoms with Crippen LogP contribution in [-0.2, 0) is 9.84 Å². The number of amides is 1. The highest BCUT2D eigenvalue weighted by Crippen LogP contribution is 2.35. The first-order chi connectivity index (χ1) is 11.4. The molecular formula is C16H18N2O4S2. The second-order valence-electron chi connectivity index (χ2n) is 6.40. The molecule has 2 aromatic rings. The van der Waals surface area contributed by atoms with Crippen molar-refractivity contribution >= 4 is 27.1 Å². The Kier molecular flexibility index (Phi) is 3.76. The van der Waals surface area contributed by atoms with Crippen molar-refractivity contribution in [3.8, 4) is 10.8 Å². The summed E-state index contributed by atoms with van der Waals surface area (Å²) in [5.74, 6) is 0.737. The van der Waals surface area contributed by atoms with E-state index in [-0.39, 0.29) is 29.5 Å². The molecular weight excluding hydrogens is 348 g/mol.